The first-order valence-electron chi connectivity index (χ1n) is 7.38. The van der Waals surface area contributed by atoms with E-state index in [1.54, 1.807) is 0 Å². The third-order valence-electron chi connectivity index (χ3n) is 4.09. The summed E-state index contributed by atoms with van der Waals surface area (Å²) >= 11 is 6.11. The first-order chi connectivity index (χ1) is 10.1. The number of ether oxygens (including phenoxy) is 1. The Morgan fingerprint density at radius 3 is 2.71 bits per heavy atom. The largest absolute Gasteiger partial charge is 0.379 e. The molecule has 1 saturated heterocycles. The van der Waals surface area contributed by atoms with Crippen LogP contribution in [-0.4, -0.2) is 57.1 Å². The highest BCUT2D eigenvalue weighted by molar-refractivity contribution is 6.16. The molecule has 0 N–H and O–H groups in total. The molecule has 1 aliphatic heterocycles. The van der Waals surface area contributed by atoms with Crippen LogP contribution in [-0.2, 0) is 17.7 Å². The zero-order chi connectivity index (χ0) is 15.0. The standard InChI is InChI=1S/C14H22ClN5O/c1-10(9-19-4-6-21-7-5-19)20-12(8-15)16-13-11(2)17-18(3)14(13)20/h10H,4-9H2,1-3H3. The molecular formula is C14H22ClN5O. The molecular weight excluding hydrogens is 290 g/mol. The minimum absolute atomic E-state index is 0.302. The zero-order valence-electron chi connectivity index (χ0n) is 12.8. The first kappa shape index (κ1) is 14.8. The lowest BCUT2D eigenvalue weighted by molar-refractivity contribution is 0.0326. The fourth-order valence-corrected chi connectivity index (χ4v) is 3.33. The lowest BCUT2D eigenvalue weighted by Gasteiger charge is -2.30. The molecule has 0 radical (unpaired) electrons. The summed E-state index contributed by atoms with van der Waals surface area (Å²) in [6, 6.07) is 0.302. The van der Waals surface area contributed by atoms with Crippen LogP contribution in [0.3, 0.4) is 0 Å². The van der Waals surface area contributed by atoms with Crippen molar-refractivity contribution in [3.8, 4) is 0 Å². The predicted octanol–water partition coefficient (Wildman–Crippen LogP) is 1.71. The van der Waals surface area contributed by atoms with Gasteiger partial charge in [-0.3, -0.25) is 9.58 Å². The second-order valence-corrected chi connectivity index (χ2v) is 5.94. The lowest BCUT2D eigenvalue weighted by Crippen LogP contribution is -2.39. The van der Waals surface area contributed by atoms with Crippen LogP contribution in [0.15, 0.2) is 0 Å². The number of halogens is 1. The quantitative estimate of drug-likeness (QED) is 0.807. The van der Waals surface area contributed by atoms with E-state index in [1.165, 1.54) is 0 Å². The van der Waals surface area contributed by atoms with Crippen LogP contribution in [0.4, 0.5) is 0 Å². The molecule has 7 heteroatoms. The Morgan fingerprint density at radius 2 is 2.05 bits per heavy atom. The fourth-order valence-electron chi connectivity index (χ4n) is 3.14. The Balaban J connectivity index is 1.93. The molecule has 0 amide bonds. The lowest BCUT2D eigenvalue weighted by atomic mass is 10.2. The average Bonchev–Trinajstić information content (AvgIpc) is 2.99. The Morgan fingerprint density at radius 1 is 1.33 bits per heavy atom. The van der Waals surface area contributed by atoms with E-state index in [2.05, 4.69) is 26.5 Å². The number of imidazole rings is 1. The van der Waals surface area contributed by atoms with Crippen molar-refractivity contribution in [1.29, 1.82) is 0 Å². The summed E-state index contributed by atoms with van der Waals surface area (Å²) in [5.74, 6) is 1.34. The van der Waals surface area contributed by atoms with E-state index in [4.69, 9.17) is 16.3 Å². The van der Waals surface area contributed by atoms with E-state index >= 15 is 0 Å². The zero-order valence-corrected chi connectivity index (χ0v) is 13.6. The Bertz CT molecular complexity index is 629. The highest BCUT2D eigenvalue weighted by Gasteiger charge is 2.22. The molecule has 6 nitrogen and oxygen atoms in total. The number of aryl methyl sites for hydroxylation is 2. The topological polar surface area (TPSA) is 48.1 Å². The minimum atomic E-state index is 0.302. The molecule has 1 atom stereocenters. The smallest absolute Gasteiger partial charge is 0.158 e. The molecule has 1 fully saturated rings. The van der Waals surface area contributed by atoms with E-state index in [9.17, 15) is 0 Å². The van der Waals surface area contributed by atoms with Crippen LogP contribution in [0.1, 0.15) is 24.5 Å². The molecule has 0 aliphatic carbocycles. The molecule has 0 saturated carbocycles. The number of nitrogens with zero attached hydrogens (tertiary/aromatic N) is 5. The van der Waals surface area contributed by atoms with Gasteiger partial charge in [-0.2, -0.15) is 5.10 Å². The molecule has 0 bridgehead atoms. The van der Waals surface area contributed by atoms with Crippen molar-refractivity contribution in [3.05, 3.63) is 11.5 Å². The van der Waals surface area contributed by atoms with E-state index in [0.29, 0.717) is 11.9 Å². The maximum atomic E-state index is 6.11. The number of fused-ring (bicyclic) bond motifs is 1. The van der Waals surface area contributed by atoms with Gasteiger partial charge in [-0.05, 0) is 13.8 Å². The molecule has 21 heavy (non-hydrogen) atoms. The van der Waals surface area contributed by atoms with Crippen molar-refractivity contribution in [1.82, 2.24) is 24.2 Å². The first-order valence-corrected chi connectivity index (χ1v) is 7.91. The summed E-state index contributed by atoms with van der Waals surface area (Å²) in [6.45, 7) is 8.80. The van der Waals surface area contributed by atoms with Gasteiger partial charge in [0.2, 0.25) is 0 Å². The molecule has 1 aliphatic rings. The SMILES string of the molecule is Cc1nn(C)c2c1nc(CCl)n2C(C)CN1CCOCC1. The summed E-state index contributed by atoms with van der Waals surface area (Å²) < 4.78 is 9.55. The Labute approximate surface area is 129 Å². The van der Waals surface area contributed by atoms with Crippen molar-refractivity contribution in [2.24, 2.45) is 7.05 Å². The van der Waals surface area contributed by atoms with E-state index in [-0.39, 0.29) is 0 Å². The van der Waals surface area contributed by atoms with Gasteiger partial charge < -0.3 is 9.30 Å². The molecule has 116 valence electrons. The second kappa shape index (κ2) is 5.94. The molecule has 3 heterocycles. The van der Waals surface area contributed by atoms with Crippen molar-refractivity contribution >= 4 is 22.8 Å². The number of morpholine rings is 1. The number of rotatable bonds is 4. The molecule has 3 rings (SSSR count). The van der Waals surface area contributed by atoms with Crippen LogP contribution >= 0.6 is 11.6 Å². The summed E-state index contributed by atoms with van der Waals surface area (Å²) in [7, 11) is 1.97. The van der Waals surface area contributed by atoms with E-state index in [1.807, 2.05) is 18.7 Å². The maximum absolute atomic E-state index is 6.11. The van der Waals surface area contributed by atoms with E-state index < -0.39 is 0 Å². The normalized spacial score (nSPS) is 18.5. The van der Waals surface area contributed by atoms with Crippen LogP contribution in [0.25, 0.3) is 11.2 Å². The van der Waals surface area contributed by atoms with Crippen molar-refractivity contribution in [2.45, 2.75) is 25.8 Å². The number of hydrogen-bond acceptors (Lipinski definition) is 4. The highest BCUT2D eigenvalue weighted by atomic mass is 35.5. The second-order valence-electron chi connectivity index (χ2n) is 5.67. The summed E-state index contributed by atoms with van der Waals surface area (Å²) in [5, 5.41) is 4.47. The van der Waals surface area contributed by atoms with E-state index in [0.717, 1.165) is 55.5 Å². The van der Waals surface area contributed by atoms with Gasteiger partial charge >= 0.3 is 0 Å². The fraction of sp³-hybridized carbons (Fsp3) is 0.714. The van der Waals surface area contributed by atoms with Gasteiger partial charge in [-0.1, -0.05) is 0 Å². The van der Waals surface area contributed by atoms with Gasteiger partial charge in [0.05, 0.1) is 24.8 Å². The maximum Gasteiger partial charge on any atom is 0.158 e. The minimum Gasteiger partial charge on any atom is -0.379 e. The van der Waals surface area contributed by atoms with Crippen LogP contribution in [0, 0.1) is 6.92 Å². The molecule has 0 spiro atoms. The Kier molecular flexibility index (Phi) is 4.19. The predicted molar refractivity (Wildman–Crippen MR) is 82.8 cm³/mol. The molecule has 1 unspecified atom stereocenters. The summed E-state index contributed by atoms with van der Waals surface area (Å²) in [4.78, 5) is 7.10. The number of alkyl halides is 1. The third-order valence-corrected chi connectivity index (χ3v) is 4.33. The van der Waals surface area contributed by atoms with Gasteiger partial charge in [-0.25, -0.2) is 4.98 Å². The summed E-state index contributed by atoms with van der Waals surface area (Å²) in [6.07, 6.45) is 0. The average molecular weight is 312 g/mol. The van der Waals surface area contributed by atoms with Gasteiger partial charge in [0.15, 0.2) is 5.65 Å². The molecule has 2 aromatic rings. The highest BCUT2D eigenvalue weighted by Crippen LogP contribution is 2.25. The van der Waals surface area contributed by atoms with Gasteiger partial charge in [-0.15, -0.1) is 11.6 Å². The summed E-state index contributed by atoms with van der Waals surface area (Å²) in [5.41, 5.74) is 2.97. The Hall–Kier alpha value is -1.11. The van der Waals surface area contributed by atoms with Gasteiger partial charge in [0, 0.05) is 32.7 Å². The van der Waals surface area contributed by atoms with Crippen LogP contribution < -0.4 is 0 Å². The number of aromatic nitrogens is 4. The molecule has 0 aromatic carbocycles. The van der Waals surface area contributed by atoms with Crippen molar-refractivity contribution in [3.63, 3.8) is 0 Å². The van der Waals surface area contributed by atoms with Crippen LogP contribution in [0.2, 0.25) is 0 Å². The third kappa shape index (κ3) is 2.67. The van der Waals surface area contributed by atoms with Crippen LogP contribution in [0.5, 0.6) is 0 Å². The molecule has 2 aromatic heterocycles. The van der Waals surface area contributed by atoms with Crippen molar-refractivity contribution in [2.75, 3.05) is 32.8 Å². The van der Waals surface area contributed by atoms with Gasteiger partial charge in [0.25, 0.3) is 0 Å². The monoisotopic (exact) mass is 311 g/mol. The van der Waals surface area contributed by atoms with Crippen molar-refractivity contribution < 1.29 is 4.74 Å². The number of hydrogen-bond donors (Lipinski definition) is 0. The van der Waals surface area contributed by atoms with Gasteiger partial charge in [0.1, 0.15) is 11.3 Å².